The van der Waals surface area contributed by atoms with E-state index in [1.807, 2.05) is 4.72 Å². The van der Waals surface area contributed by atoms with Crippen LogP contribution in [0.25, 0.3) is 11.1 Å². The van der Waals surface area contributed by atoms with Gasteiger partial charge in [-0.15, -0.1) is 0 Å². The zero-order chi connectivity index (χ0) is 27.1. The molecule has 1 aliphatic rings. The molecule has 0 unspecified atom stereocenters. The molecule has 3 N–H and O–H groups in total. The van der Waals surface area contributed by atoms with Crippen molar-refractivity contribution in [3.63, 3.8) is 0 Å². The minimum absolute atomic E-state index is 0.0136. The number of rotatable bonds is 1. The highest BCUT2D eigenvalue weighted by molar-refractivity contribution is 7.92. The summed E-state index contributed by atoms with van der Waals surface area (Å²) >= 11 is 5.95. The standard InChI is InChI=1S/C24H19ClF2N2O7S/c1-11-10-28-23(31)13-6-16(25)22(30)21(7-13)37(33,34)29-19-8-14(17(26)9-18(19)27)15-5-12(24(32)35-2)3-4-20(15)36-11/h3-9,11,29-30H,10H2,1-2H3,(H,28,31)/t11-/m0/s1. The lowest BCUT2D eigenvalue weighted by Gasteiger charge is -2.19. The Labute approximate surface area is 215 Å². The van der Waals surface area contributed by atoms with Crippen molar-refractivity contribution in [3.8, 4) is 22.6 Å². The summed E-state index contributed by atoms with van der Waals surface area (Å²) in [5, 5.41) is 12.4. The van der Waals surface area contributed by atoms with Gasteiger partial charge in [-0.3, -0.25) is 9.52 Å². The minimum Gasteiger partial charge on any atom is -0.505 e. The van der Waals surface area contributed by atoms with Crippen LogP contribution in [0.2, 0.25) is 5.02 Å². The second-order valence-electron chi connectivity index (χ2n) is 8.06. The number of amides is 1. The van der Waals surface area contributed by atoms with E-state index in [9.17, 15) is 27.5 Å². The zero-order valence-corrected chi connectivity index (χ0v) is 20.8. The first kappa shape index (κ1) is 26.2. The van der Waals surface area contributed by atoms with Gasteiger partial charge in [-0.25, -0.2) is 22.0 Å². The van der Waals surface area contributed by atoms with Gasteiger partial charge in [0, 0.05) is 22.8 Å². The van der Waals surface area contributed by atoms with Crippen LogP contribution in [0.15, 0.2) is 47.4 Å². The summed E-state index contributed by atoms with van der Waals surface area (Å²) in [5.41, 5.74) is -1.18. The van der Waals surface area contributed by atoms with Crippen molar-refractivity contribution in [1.29, 1.82) is 0 Å². The molecule has 1 heterocycles. The molecular formula is C24H19ClF2N2O7S. The molecule has 1 aliphatic heterocycles. The third kappa shape index (κ3) is 5.16. The fourth-order valence-electron chi connectivity index (χ4n) is 3.63. The Balaban J connectivity index is 1.97. The van der Waals surface area contributed by atoms with Crippen molar-refractivity contribution in [2.24, 2.45) is 0 Å². The average Bonchev–Trinajstić information content (AvgIpc) is 2.85. The monoisotopic (exact) mass is 552 g/mol. The van der Waals surface area contributed by atoms with Crippen molar-refractivity contribution in [3.05, 3.63) is 70.2 Å². The van der Waals surface area contributed by atoms with Crippen LogP contribution < -0.4 is 14.8 Å². The van der Waals surface area contributed by atoms with E-state index in [0.717, 1.165) is 25.3 Å². The molecule has 37 heavy (non-hydrogen) atoms. The number of benzene rings is 3. The Kier molecular flexibility index (Phi) is 6.98. The van der Waals surface area contributed by atoms with Crippen LogP contribution in [0.5, 0.6) is 11.5 Å². The Morgan fingerprint density at radius 1 is 1.14 bits per heavy atom. The summed E-state index contributed by atoms with van der Waals surface area (Å²) in [6.07, 6.45) is -0.700. The Bertz CT molecular complexity index is 1550. The molecule has 3 aromatic carbocycles. The third-order valence-electron chi connectivity index (χ3n) is 5.45. The molecule has 0 saturated carbocycles. The molecule has 194 valence electrons. The number of hydrogen-bond donors (Lipinski definition) is 3. The smallest absolute Gasteiger partial charge is 0.337 e. The van der Waals surface area contributed by atoms with Crippen LogP contribution in [0.4, 0.5) is 14.5 Å². The number of aromatic hydroxyl groups is 1. The highest BCUT2D eigenvalue weighted by Crippen LogP contribution is 2.38. The number of anilines is 1. The van der Waals surface area contributed by atoms with Gasteiger partial charge in [0.25, 0.3) is 15.9 Å². The summed E-state index contributed by atoms with van der Waals surface area (Å²) in [4.78, 5) is 24.0. The molecule has 0 spiro atoms. The summed E-state index contributed by atoms with van der Waals surface area (Å²) in [6.45, 7) is 1.52. The van der Waals surface area contributed by atoms with Crippen molar-refractivity contribution in [2.75, 3.05) is 18.4 Å². The van der Waals surface area contributed by atoms with Crippen LogP contribution in [0.1, 0.15) is 27.6 Å². The number of hydrogen-bond acceptors (Lipinski definition) is 7. The van der Waals surface area contributed by atoms with Crippen LogP contribution in [-0.4, -0.2) is 45.2 Å². The fourth-order valence-corrected chi connectivity index (χ4v) is 5.11. The zero-order valence-electron chi connectivity index (χ0n) is 19.3. The number of esters is 1. The second-order valence-corrected chi connectivity index (χ2v) is 10.1. The predicted octanol–water partition coefficient (Wildman–Crippen LogP) is 4.09. The number of fused-ring (bicyclic) bond motifs is 6. The molecule has 4 rings (SSSR count). The largest absolute Gasteiger partial charge is 0.505 e. The molecule has 0 radical (unpaired) electrons. The number of sulfonamides is 1. The van der Waals surface area contributed by atoms with Gasteiger partial charge in [0.15, 0.2) is 5.75 Å². The molecule has 1 amide bonds. The highest BCUT2D eigenvalue weighted by atomic mass is 35.5. The van der Waals surface area contributed by atoms with E-state index in [4.69, 9.17) is 21.1 Å². The molecule has 3 aromatic rings. The predicted molar refractivity (Wildman–Crippen MR) is 129 cm³/mol. The lowest BCUT2D eigenvalue weighted by atomic mass is 10.0. The van der Waals surface area contributed by atoms with Crippen LogP contribution >= 0.6 is 11.6 Å². The minimum atomic E-state index is -4.73. The summed E-state index contributed by atoms with van der Waals surface area (Å²) in [5.74, 6) is -4.64. The first-order valence-electron chi connectivity index (χ1n) is 10.6. The van der Waals surface area contributed by atoms with E-state index in [0.29, 0.717) is 6.07 Å². The molecule has 0 aliphatic carbocycles. The molecule has 9 nitrogen and oxygen atoms in total. The van der Waals surface area contributed by atoms with Gasteiger partial charge in [0.1, 0.15) is 28.4 Å². The van der Waals surface area contributed by atoms with Gasteiger partial charge in [0.2, 0.25) is 0 Å². The maximum Gasteiger partial charge on any atom is 0.337 e. The van der Waals surface area contributed by atoms with Gasteiger partial charge >= 0.3 is 5.97 Å². The normalized spacial score (nSPS) is 16.7. The SMILES string of the molecule is COC(=O)c1ccc2c(c1)-c1cc(c(F)cc1F)NS(=O)(=O)c1cc(cc(Cl)c1O)C(=O)NC[C@H](C)O2. The van der Waals surface area contributed by atoms with Gasteiger partial charge in [-0.2, -0.15) is 0 Å². The molecule has 0 saturated heterocycles. The molecule has 0 fully saturated rings. The summed E-state index contributed by atoms with van der Waals surface area (Å²) in [6, 6.07) is 7.24. The van der Waals surface area contributed by atoms with Gasteiger partial charge in [-0.1, -0.05) is 11.6 Å². The van der Waals surface area contributed by atoms with E-state index in [1.54, 1.807) is 6.92 Å². The first-order valence-corrected chi connectivity index (χ1v) is 12.5. The Hall–Kier alpha value is -3.90. The van der Waals surface area contributed by atoms with Gasteiger partial charge in [0.05, 0.1) is 29.9 Å². The number of carbonyl (C=O) groups is 2. The average molecular weight is 553 g/mol. The van der Waals surface area contributed by atoms with Gasteiger partial charge in [-0.05, 0) is 43.3 Å². The third-order valence-corrected chi connectivity index (χ3v) is 7.12. The number of phenols is 1. The van der Waals surface area contributed by atoms with Crippen molar-refractivity contribution in [1.82, 2.24) is 5.32 Å². The van der Waals surface area contributed by atoms with E-state index in [-0.39, 0.29) is 34.5 Å². The second kappa shape index (κ2) is 9.87. The first-order chi connectivity index (χ1) is 17.4. The highest BCUT2D eigenvalue weighted by Gasteiger charge is 2.27. The topological polar surface area (TPSA) is 131 Å². The number of phenolic OH excluding ortho intramolecular Hbond substituents is 1. The maximum absolute atomic E-state index is 15.0. The number of carbonyl (C=O) groups excluding carboxylic acids is 2. The molecule has 4 bridgehead atoms. The molecule has 1 atom stereocenters. The van der Waals surface area contributed by atoms with Crippen molar-refractivity contribution in [2.45, 2.75) is 17.9 Å². The van der Waals surface area contributed by atoms with E-state index < -0.39 is 61.0 Å². The fraction of sp³-hybridized carbons (Fsp3) is 0.167. The van der Waals surface area contributed by atoms with Crippen LogP contribution in [0.3, 0.4) is 0 Å². The van der Waals surface area contributed by atoms with E-state index >= 15 is 4.39 Å². The molecule has 13 heteroatoms. The lowest BCUT2D eigenvalue weighted by Crippen LogP contribution is -2.33. The number of nitrogens with one attached hydrogen (secondary N) is 2. The Morgan fingerprint density at radius 2 is 1.86 bits per heavy atom. The van der Waals surface area contributed by atoms with Crippen molar-refractivity contribution < 1.29 is 41.4 Å². The van der Waals surface area contributed by atoms with E-state index in [2.05, 4.69) is 5.32 Å². The van der Waals surface area contributed by atoms with Crippen LogP contribution in [0, 0.1) is 11.6 Å². The summed E-state index contributed by atoms with van der Waals surface area (Å²) in [7, 11) is -3.58. The molecular weight excluding hydrogens is 534 g/mol. The maximum atomic E-state index is 15.0. The number of halogens is 3. The van der Waals surface area contributed by atoms with Gasteiger partial charge < -0.3 is 19.9 Å². The van der Waals surface area contributed by atoms with Crippen molar-refractivity contribution >= 4 is 39.2 Å². The van der Waals surface area contributed by atoms with E-state index in [1.165, 1.54) is 18.2 Å². The Morgan fingerprint density at radius 3 is 2.57 bits per heavy atom. The summed E-state index contributed by atoms with van der Waals surface area (Å²) < 4.78 is 68.5. The lowest BCUT2D eigenvalue weighted by molar-refractivity contribution is 0.0600. The number of methoxy groups -OCH3 is 1. The quantitative estimate of drug-likeness (QED) is 0.388. The molecule has 0 aromatic heterocycles. The van der Waals surface area contributed by atoms with Crippen LogP contribution in [-0.2, 0) is 14.8 Å². The number of ether oxygens (including phenoxy) is 2.